The zero-order valence-corrected chi connectivity index (χ0v) is 91.6. The van der Waals surface area contributed by atoms with Crippen molar-refractivity contribution in [2.75, 3.05) is 0 Å². The van der Waals surface area contributed by atoms with Gasteiger partial charge in [0, 0.05) is 268 Å². The molecule has 30 nitrogen and oxygen atoms in total. The van der Waals surface area contributed by atoms with Gasteiger partial charge in [-0.25, -0.2) is 24.0 Å². The molecule has 5 radical (unpaired) electrons. The van der Waals surface area contributed by atoms with Crippen LogP contribution in [0.4, 0.5) is 0 Å². The molecule has 43 heteroatoms. The van der Waals surface area contributed by atoms with E-state index in [0.717, 1.165) is 80.6 Å². The molecule has 15 rings (SSSR count). The molecule has 10 aromatic carbocycles. The van der Waals surface area contributed by atoms with Crippen LogP contribution < -0.4 is 52.1 Å². The van der Waals surface area contributed by atoms with Crippen LogP contribution in [0.15, 0.2) is 233 Å². The van der Waals surface area contributed by atoms with E-state index in [2.05, 4.69) is 208 Å². The Kier molecular flexibility index (Phi) is 44.2. The summed E-state index contributed by atoms with van der Waals surface area (Å²) in [6.07, 6.45) is 0.825. The monoisotopic (exact) mass is 2520 g/mol. The van der Waals surface area contributed by atoms with Gasteiger partial charge in [0.2, 0.25) is 0 Å². The Labute approximate surface area is 887 Å². The van der Waals surface area contributed by atoms with Gasteiger partial charge < -0.3 is 23.7 Å². The van der Waals surface area contributed by atoms with Crippen molar-refractivity contribution in [2.45, 2.75) is 53.3 Å². The van der Waals surface area contributed by atoms with Gasteiger partial charge in [-0.3, -0.25) is 0 Å². The molecule has 0 saturated heterocycles. The van der Waals surface area contributed by atoms with Crippen LogP contribution in [0.3, 0.4) is 0 Å². The van der Waals surface area contributed by atoms with Gasteiger partial charge in [-0.05, 0) is 148 Å². The fourth-order valence-corrected chi connectivity index (χ4v) is 13.9. The van der Waals surface area contributed by atoms with Crippen LogP contribution in [0.25, 0.3) is 28.4 Å². The second-order valence-electron chi connectivity index (χ2n) is 24.3. The molecule has 611 valence electrons. The largest absolute Gasteiger partial charge is 0.513 e. The summed E-state index contributed by atoms with van der Waals surface area (Å²) in [6, 6.07) is 69.6. The van der Waals surface area contributed by atoms with Crippen LogP contribution in [-0.2, 0) is 238 Å². The molecule has 0 spiro atoms. The first kappa shape index (κ1) is 105. The fraction of sp³-hybridized carbons (Fsp3) is 0.167. The summed E-state index contributed by atoms with van der Waals surface area (Å²) in [4.78, 5) is 60.6. The molecule has 0 aliphatic heterocycles. The van der Waals surface area contributed by atoms with Crippen molar-refractivity contribution in [3.8, 4) is 57.2 Å². The minimum absolute atomic E-state index is 0. The number of halogens is 8. The molecule has 0 aliphatic rings. The molecule has 15 aromatic rings. The van der Waals surface area contributed by atoms with E-state index in [9.17, 15) is 24.0 Å². The summed E-state index contributed by atoms with van der Waals surface area (Å²) >= 11 is 29.1. The SMILES string of the molecule is CCc1cccc(-n2nnn(C)c2=O)c1COc1cc[c-]cc1Br.Cc1cccc(-n2nnn(C)c2=O)c1COc1cc[c-]cc1Br.Cn1nnn(-c2cccc(Br)c2COc2cc[c-]cc2Br)c1=O.Cn1nnn(-c2cccc(Cl)c2COc2cc[c-]cc2Br)c1=O.Cn1nnn(-c2cccc(I)c2COc2cc[c-]cc2Br)c1=O.[Y].[Y].[Y].[Y].[Y]. The van der Waals surface area contributed by atoms with E-state index in [1.165, 1.54) is 49.2 Å². The maximum absolute atomic E-state index is 12.2. The first-order valence-corrected chi connectivity index (χ1v) is 40.5. The van der Waals surface area contributed by atoms with Gasteiger partial charge in [0.1, 0.15) is 33.0 Å². The van der Waals surface area contributed by atoms with Crippen LogP contribution in [0.5, 0.6) is 28.7 Å². The predicted octanol–water partition coefficient (Wildman–Crippen LogP) is 13.4. The first-order valence-electron chi connectivity index (χ1n) is 34.3. The van der Waals surface area contributed by atoms with Crippen LogP contribution in [0.2, 0.25) is 5.02 Å². The Morgan fingerprint density at radius 3 is 0.926 bits per heavy atom. The zero-order valence-electron chi connectivity index (χ0n) is 65.0. The zero-order chi connectivity index (χ0) is 82.7. The number of aromatic nitrogens is 20. The van der Waals surface area contributed by atoms with E-state index in [4.69, 9.17) is 35.3 Å². The van der Waals surface area contributed by atoms with Crippen LogP contribution in [0, 0.1) is 40.8 Å². The Balaban J connectivity index is 0.000000232. The number of hydrogen-bond donors (Lipinski definition) is 0. The van der Waals surface area contributed by atoms with Gasteiger partial charge in [0.05, 0.1) is 28.4 Å². The van der Waals surface area contributed by atoms with Crippen molar-refractivity contribution in [1.29, 1.82) is 0 Å². The van der Waals surface area contributed by atoms with E-state index in [1.807, 2.05) is 97.9 Å². The molecule has 0 atom stereocenters. The van der Waals surface area contributed by atoms with Gasteiger partial charge in [0.25, 0.3) is 0 Å². The third-order valence-electron chi connectivity index (χ3n) is 16.8. The van der Waals surface area contributed by atoms with E-state index >= 15 is 0 Å². The molecule has 0 bridgehead atoms. The minimum atomic E-state index is -0.357. The number of ether oxygens (including phenoxy) is 5. The average Bonchev–Trinajstić information content (AvgIpc) is 1.76. The summed E-state index contributed by atoms with van der Waals surface area (Å²) in [5.41, 5.74) is 7.84. The van der Waals surface area contributed by atoms with Crippen molar-refractivity contribution in [3.63, 3.8) is 0 Å². The number of hydrogen-bond acceptors (Lipinski definition) is 20. The molecule has 5 aromatic heterocycles. The molecule has 0 amide bonds. The number of rotatable bonds is 21. The molecule has 0 unspecified atom stereocenters. The van der Waals surface area contributed by atoms with Crippen molar-refractivity contribution in [3.05, 3.63) is 339 Å². The maximum Gasteiger partial charge on any atom is 0.368 e. The fourth-order valence-electron chi connectivity index (χ4n) is 10.7. The third kappa shape index (κ3) is 27.3. The molecule has 0 N–H and O–H groups in total. The van der Waals surface area contributed by atoms with Crippen molar-refractivity contribution in [1.82, 2.24) is 99.0 Å². The molecule has 0 aliphatic carbocycles. The van der Waals surface area contributed by atoms with Crippen molar-refractivity contribution in [2.24, 2.45) is 35.2 Å². The normalized spacial score (nSPS) is 10.3. The first-order chi connectivity index (χ1) is 55.9. The van der Waals surface area contributed by atoms with Gasteiger partial charge in [-0.2, -0.15) is 138 Å². The molecular formula is C78H63Br6ClIN20O10Y5-5. The van der Waals surface area contributed by atoms with Crippen LogP contribution >= 0.6 is 130 Å². The Morgan fingerprint density at radius 1 is 0.331 bits per heavy atom. The Morgan fingerprint density at radius 2 is 0.595 bits per heavy atom. The van der Waals surface area contributed by atoms with E-state index in [1.54, 1.807) is 119 Å². The van der Waals surface area contributed by atoms with Crippen molar-refractivity contribution >= 4 is 130 Å². The third-order valence-corrected chi connectivity index (χ3v) is 22.0. The predicted molar refractivity (Wildman–Crippen MR) is 459 cm³/mol. The number of aryl methyl sites for hydroxylation is 7. The summed E-state index contributed by atoms with van der Waals surface area (Å²) in [5, 5.41) is 38.7. The molecule has 0 fully saturated rings. The van der Waals surface area contributed by atoms with Gasteiger partial charge >= 0.3 is 28.4 Å². The van der Waals surface area contributed by atoms with E-state index in [-0.39, 0.29) is 205 Å². The second-order valence-corrected chi connectivity index (χ2v) is 31.0. The van der Waals surface area contributed by atoms with Gasteiger partial charge in [-0.15, -0.1) is 110 Å². The molecule has 0 saturated carbocycles. The number of tetrazole rings is 5. The van der Waals surface area contributed by atoms with E-state index in [0.29, 0.717) is 81.8 Å². The Hall–Kier alpha value is -5.03. The maximum atomic E-state index is 12.2. The van der Waals surface area contributed by atoms with Crippen molar-refractivity contribution < 1.29 is 187 Å². The molecule has 5 heterocycles. The summed E-state index contributed by atoms with van der Waals surface area (Å²) < 4.78 is 47.4. The quantitative estimate of drug-likeness (QED) is 0.0476. The van der Waals surface area contributed by atoms with E-state index < -0.39 is 0 Å². The summed E-state index contributed by atoms with van der Waals surface area (Å²) in [6.45, 7) is 5.43. The topological polar surface area (TPSA) is 310 Å². The second kappa shape index (κ2) is 51.1. The van der Waals surface area contributed by atoms with Crippen LogP contribution in [-0.4, -0.2) is 99.0 Å². The minimum Gasteiger partial charge on any atom is -0.513 e. The summed E-state index contributed by atoms with van der Waals surface area (Å²) in [5.74, 6) is 3.49. The summed E-state index contributed by atoms with van der Waals surface area (Å²) in [7, 11) is 7.79. The standard InChI is InChI=1S/C17H16BrN4O2.C16H14BrN4O2.C15H11Br2N4O2.C15H11BrClN4O2.C15H11BrIN4O2.5Y/c1-3-12-7-6-9-15(22-17(23)21(2)19-20-22)13(12)11-24-16-10-5-4-8-14(16)18;1-11-6-5-8-14(21-16(22)20(2)18-19-21)12(11)10-23-15-9-4-3-7-13(15)17;1-20-15(22)21(19-18-20)13-7-4-6-11(16)10(13)9-23-14-8-3-2-5-12(14)17;2*1-20-15(22)21(19-18-20)13-7-4-6-12(17)10(13)9-23-14-8-3-2-5-11(14)16;;;;;/h5-10H,3,11H2,1-2H3;4-9H,10H2,1-2H3;3*3-8H,9H2,1H3;;;;;/q5*-1;;;;;. The van der Waals surface area contributed by atoms with Gasteiger partial charge in [-0.1, -0.05) is 99.3 Å². The number of benzene rings is 10. The average molecular weight is 2530 g/mol. The molecule has 121 heavy (non-hydrogen) atoms. The Bertz CT molecular complexity index is 5710. The number of nitrogens with zero attached hydrogens (tertiary/aromatic N) is 20. The smallest absolute Gasteiger partial charge is 0.368 e. The van der Waals surface area contributed by atoms with Crippen LogP contribution in [0.1, 0.15) is 45.9 Å². The van der Waals surface area contributed by atoms with Gasteiger partial charge in [0.15, 0.2) is 0 Å². The molecular weight excluding hydrogens is 2460 g/mol.